The van der Waals surface area contributed by atoms with Gasteiger partial charge in [0, 0.05) is 30.0 Å². The zero-order valence-corrected chi connectivity index (χ0v) is 12.4. The van der Waals surface area contributed by atoms with Crippen LogP contribution in [0.15, 0.2) is 16.6 Å². The van der Waals surface area contributed by atoms with E-state index in [4.69, 9.17) is 14.5 Å². The molecule has 2 aromatic rings. The molecule has 0 saturated heterocycles. The number of nitrogens with zero attached hydrogens (tertiary/aromatic N) is 1. The molecule has 19 heavy (non-hydrogen) atoms. The van der Waals surface area contributed by atoms with Crippen molar-refractivity contribution in [2.75, 3.05) is 13.3 Å². The Kier molecular flexibility index (Phi) is 2.75. The molecule has 0 spiro atoms. The molecule has 2 aliphatic heterocycles. The highest BCUT2D eigenvalue weighted by Crippen LogP contribution is 2.43. The first kappa shape index (κ1) is 11.7. The van der Waals surface area contributed by atoms with E-state index in [2.05, 4.69) is 21.2 Å². The van der Waals surface area contributed by atoms with Crippen LogP contribution in [-0.4, -0.2) is 18.3 Å². The standard InChI is InChI=1S/C13H11BrN2O2S/c14-8-3-7(4-10-12(8)18-6-17-10)13-16-9-1-2-15-5-11(9)19-13/h3-4,15H,1-2,5-6H2. The zero-order valence-electron chi connectivity index (χ0n) is 10.0. The second-order valence-corrected chi connectivity index (χ2v) is 6.45. The first-order chi connectivity index (χ1) is 9.31. The Hall–Kier alpha value is -1.11. The maximum absolute atomic E-state index is 5.46. The quantitative estimate of drug-likeness (QED) is 0.868. The molecule has 0 aliphatic carbocycles. The van der Waals surface area contributed by atoms with Crippen LogP contribution in [0.2, 0.25) is 0 Å². The lowest BCUT2D eigenvalue weighted by Gasteiger charge is -2.09. The third-order valence-electron chi connectivity index (χ3n) is 3.28. The second-order valence-electron chi connectivity index (χ2n) is 4.51. The molecule has 4 rings (SSSR count). The molecule has 0 amide bonds. The minimum absolute atomic E-state index is 0.287. The molecule has 1 aromatic heterocycles. The summed E-state index contributed by atoms with van der Waals surface area (Å²) in [6, 6.07) is 4.05. The maximum atomic E-state index is 5.46. The van der Waals surface area contributed by atoms with Gasteiger partial charge in [0.2, 0.25) is 6.79 Å². The average Bonchev–Trinajstić information content (AvgIpc) is 3.04. The Labute approximate surface area is 122 Å². The van der Waals surface area contributed by atoms with Gasteiger partial charge < -0.3 is 14.8 Å². The van der Waals surface area contributed by atoms with E-state index in [1.807, 2.05) is 12.1 Å². The van der Waals surface area contributed by atoms with Gasteiger partial charge in [-0.15, -0.1) is 11.3 Å². The number of nitrogens with one attached hydrogen (secondary N) is 1. The minimum atomic E-state index is 0.287. The number of ether oxygens (including phenoxy) is 2. The van der Waals surface area contributed by atoms with Gasteiger partial charge in [-0.25, -0.2) is 4.98 Å². The topological polar surface area (TPSA) is 43.4 Å². The van der Waals surface area contributed by atoms with Crippen LogP contribution in [0.3, 0.4) is 0 Å². The number of hydrogen-bond donors (Lipinski definition) is 1. The molecule has 0 fully saturated rings. The Morgan fingerprint density at radius 3 is 3.16 bits per heavy atom. The molecule has 2 aliphatic rings. The van der Waals surface area contributed by atoms with Crippen molar-refractivity contribution in [3.05, 3.63) is 27.2 Å². The van der Waals surface area contributed by atoms with Crippen molar-refractivity contribution in [1.29, 1.82) is 0 Å². The van der Waals surface area contributed by atoms with Crippen LogP contribution < -0.4 is 14.8 Å². The number of rotatable bonds is 1. The number of thiazole rings is 1. The largest absolute Gasteiger partial charge is 0.454 e. The van der Waals surface area contributed by atoms with Crippen molar-refractivity contribution < 1.29 is 9.47 Å². The highest BCUT2D eigenvalue weighted by molar-refractivity contribution is 9.10. The van der Waals surface area contributed by atoms with E-state index in [0.29, 0.717) is 0 Å². The van der Waals surface area contributed by atoms with Crippen molar-refractivity contribution in [3.8, 4) is 22.1 Å². The van der Waals surface area contributed by atoms with E-state index < -0.39 is 0 Å². The van der Waals surface area contributed by atoms with E-state index in [1.54, 1.807) is 11.3 Å². The molecule has 1 aromatic carbocycles. The van der Waals surface area contributed by atoms with Crippen LogP contribution in [0.25, 0.3) is 10.6 Å². The third kappa shape index (κ3) is 1.94. The summed E-state index contributed by atoms with van der Waals surface area (Å²) < 4.78 is 11.8. The monoisotopic (exact) mass is 338 g/mol. The molecule has 0 saturated carbocycles. The van der Waals surface area contributed by atoms with Crippen molar-refractivity contribution in [2.24, 2.45) is 0 Å². The van der Waals surface area contributed by atoms with Crippen molar-refractivity contribution >= 4 is 27.3 Å². The first-order valence-electron chi connectivity index (χ1n) is 6.10. The number of aromatic nitrogens is 1. The molecule has 98 valence electrons. The van der Waals surface area contributed by atoms with Crippen molar-refractivity contribution in [1.82, 2.24) is 10.3 Å². The smallest absolute Gasteiger partial charge is 0.231 e. The molecular formula is C13H11BrN2O2S. The summed E-state index contributed by atoms with van der Waals surface area (Å²) in [5.41, 5.74) is 2.31. The lowest BCUT2D eigenvalue weighted by Crippen LogP contribution is -2.22. The minimum Gasteiger partial charge on any atom is -0.454 e. The predicted octanol–water partition coefficient (Wildman–Crippen LogP) is 2.95. The molecule has 0 radical (unpaired) electrons. The lowest BCUT2D eigenvalue weighted by atomic mass is 10.2. The normalized spacial score (nSPS) is 16.5. The van der Waals surface area contributed by atoms with Gasteiger partial charge in [-0.1, -0.05) is 0 Å². The van der Waals surface area contributed by atoms with Gasteiger partial charge in [0.1, 0.15) is 5.01 Å². The molecule has 4 nitrogen and oxygen atoms in total. The molecule has 0 unspecified atom stereocenters. The van der Waals surface area contributed by atoms with Crippen LogP contribution in [0.5, 0.6) is 11.5 Å². The Morgan fingerprint density at radius 2 is 2.26 bits per heavy atom. The number of fused-ring (bicyclic) bond motifs is 2. The highest BCUT2D eigenvalue weighted by atomic mass is 79.9. The van der Waals surface area contributed by atoms with Crippen LogP contribution in [0.1, 0.15) is 10.6 Å². The fourth-order valence-electron chi connectivity index (χ4n) is 2.34. The number of hydrogen-bond acceptors (Lipinski definition) is 5. The van der Waals surface area contributed by atoms with Gasteiger partial charge in [0.25, 0.3) is 0 Å². The SMILES string of the molecule is Brc1cc(-c2nc3c(s2)CNCC3)cc2c1OCO2. The van der Waals surface area contributed by atoms with E-state index in [9.17, 15) is 0 Å². The summed E-state index contributed by atoms with van der Waals surface area (Å²) >= 11 is 5.28. The number of halogens is 1. The van der Waals surface area contributed by atoms with Crippen molar-refractivity contribution in [3.63, 3.8) is 0 Å². The van der Waals surface area contributed by atoms with E-state index in [1.165, 1.54) is 10.6 Å². The van der Waals surface area contributed by atoms with Gasteiger partial charge in [0.05, 0.1) is 10.2 Å². The molecule has 6 heteroatoms. The van der Waals surface area contributed by atoms with Crippen LogP contribution in [-0.2, 0) is 13.0 Å². The molecule has 0 atom stereocenters. The Balaban J connectivity index is 1.80. The van der Waals surface area contributed by atoms with E-state index in [-0.39, 0.29) is 6.79 Å². The van der Waals surface area contributed by atoms with Gasteiger partial charge in [0.15, 0.2) is 11.5 Å². The van der Waals surface area contributed by atoms with E-state index >= 15 is 0 Å². The molecular weight excluding hydrogens is 328 g/mol. The average molecular weight is 339 g/mol. The Morgan fingerprint density at radius 1 is 1.32 bits per heavy atom. The van der Waals surface area contributed by atoms with Crippen LogP contribution >= 0.6 is 27.3 Å². The summed E-state index contributed by atoms with van der Waals surface area (Å²) in [5.74, 6) is 1.57. The fraction of sp³-hybridized carbons (Fsp3) is 0.308. The molecule has 0 bridgehead atoms. The second kappa shape index (κ2) is 4.47. The molecule has 3 heterocycles. The fourth-order valence-corrected chi connectivity index (χ4v) is 3.96. The number of benzene rings is 1. The van der Waals surface area contributed by atoms with Gasteiger partial charge in [-0.3, -0.25) is 0 Å². The van der Waals surface area contributed by atoms with E-state index in [0.717, 1.165) is 46.1 Å². The Bertz CT molecular complexity index is 633. The first-order valence-corrected chi connectivity index (χ1v) is 7.71. The maximum Gasteiger partial charge on any atom is 0.231 e. The third-order valence-corrected chi connectivity index (χ3v) is 5.01. The van der Waals surface area contributed by atoms with Gasteiger partial charge in [-0.05, 0) is 28.1 Å². The van der Waals surface area contributed by atoms with Gasteiger partial charge >= 0.3 is 0 Å². The summed E-state index contributed by atoms with van der Waals surface area (Å²) in [7, 11) is 0. The predicted molar refractivity (Wildman–Crippen MR) is 76.8 cm³/mol. The zero-order chi connectivity index (χ0) is 12.8. The summed E-state index contributed by atoms with van der Waals surface area (Å²) in [6.45, 7) is 2.23. The summed E-state index contributed by atoms with van der Waals surface area (Å²) in [4.78, 5) is 6.09. The van der Waals surface area contributed by atoms with Crippen LogP contribution in [0.4, 0.5) is 0 Å². The van der Waals surface area contributed by atoms with Crippen molar-refractivity contribution in [2.45, 2.75) is 13.0 Å². The van der Waals surface area contributed by atoms with Crippen LogP contribution in [0, 0.1) is 0 Å². The summed E-state index contributed by atoms with van der Waals surface area (Å²) in [6.07, 6.45) is 1.01. The summed E-state index contributed by atoms with van der Waals surface area (Å²) in [5, 5.41) is 4.42. The van der Waals surface area contributed by atoms with Gasteiger partial charge in [-0.2, -0.15) is 0 Å². The molecule has 1 N–H and O–H groups in total. The highest BCUT2D eigenvalue weighted by Gasteiger charge is 2.21. The lowest BCUT2D eigenvalue weighted by molar-refractivity contribution is 0.173.